The second kappa shape index (κ2) is 5.14. The van der Waals surface area contributed by atoms with Crippen molar-refractivity contribution in [1.29, 1.82) is 0 Å². The Morgan fingerprint density at radius 3 is 2.83 bits per heavy atom. The van der Waals surface area contributed by atoms with Gasteiger partial charge < -0.3 is 5.73 Å². The van der Waals surface area contributed by atoms with Gasteiger partial charge in [0.15, 0.2) is 0 Å². The standard InChI is InChI=1S/C15H13ClFN5O/c16-8-3-4-9(17)13-11(8)15(23)22(10-5-6-19-21-10)14(20-13)12(18)7-1-2-7/h3-7,12H,1-2,18H2,(H,19,21)/t12-/m0/s1. The van der Waals surface area contributed by atoms with E-state index in [1.165, 1.54) is 22.9 Å². The molecule has 1 aromatic carbocycles. The summed E-state index contributed by atoms with van der Waals surface area (Å²) in [5.74, 6) is 0.393. The predicted molar refractivity (Wildman–Crippen MR) is 84.1 cm³/mol. The zero-order chi connectivity index (χ0) is 16.1. The van der Waals surface area contributed by atoms with Gasteiger partial charge in [-0.1, -0.05) is 11.6 Å². The Labute approximate surface area is 135 Å². The Morgan fingerprint density at radius 1 is 1.39 bits per heavy atom. The first-order chi connectivity index (χ1) is 11.1. The van der Waals surface area contributed by atoms with E-state index in [4.69, 9.17) is 17.3 Å². The van der Waals surface area contributed by atoms with Gasteiger partial charge in [-0.2, -0.15) is 5.10 Å². The van der Waals surface area contributed by atoms with Gasteiger partial charge in [0.2, 0.25) is 0 Å². The SMILES string of the molecule is N[C@H](c1nc2c(F)ccc(Cl)c2c(=O)n1-c1ccn[nH]1)C1CC1. The van der Waals surface area contributed by atoms with Crippen molar-refractivity contribution in [3.63, 3.8) is 0 Å². The Bertz CT molecular complexity index is 949. The Hall–Kier alpha value is -2.25. The molecule has 0 aliphatic heterocycles. The van der Waals surface area contributed by atoms with E-state index in [2.05, 4.69) is 15.2 Å². The summed E-state index contributed by atoms with van der Waals surface area (Å²) in [5.41, 5.74) is 5.73. The molecule has 23 heavy (non-hydrogen) atoms. The lowest BCUT2D eigenvalue weighted by Gasteiger charge is -2.17. The van der Waals surface area contributed by atoms with Crippen LogP contribution in [0.2, 0.25) is 5.02 Å². The van der Waals surface area contributed by atoms with Gasteiger partial charge in [-0.3, -0.25) is 9.89 Å². The number of nitrogens with zero attached hydrogens (tertiary/aromatic N) is 3. The Balaban J connectivity index is 2.11. The maximum atomic E-state index is 14.2. The first-order valence-electron chi connectivity index (χ1n) is 7.24. The van der Waals surface area contributed by atoms with Crippen LogP contribution >= 0.6 is 11.6 Å². The molecule has 1 aliphatic rings. The van der Waals surface area contributed by atoms with Crippen molar-refractivity contribution in [2.75, 3.05) is 0 Å². The van der Waals surface area contributed by atoms with E-state index in [1.54, 1.807) is 6.07 Å². The van der Waals surface area contributed by atoms with Crippen LogP contribution in [-0.4, -0.2) is 19.7 Å². The smallest absolute Gasteiger partial charge is 0.268 e. The average Bonchev–Trinajstić information content (AvgIpc) is 3.25. The summed E-state index contributed by atoms with van der Waals surface area (Å²) in [6.07, 6.45) is 3.46. The van der Waals surface area contributed by atoms with Gasteiger partial charge in [-0.25, -0.2) is 13.9 Å². The maximum absolute atomic E-state index is 14.2. The van der Waals surface area contributed by atoms with Gasteiger partial charge in [-0.05, 0) is 30.9 Å². The molecule has 3 N–H and O–H groups in total. The van der Waals surface area contributed by atoms with Crippen molar-refractivity contribution >= 4 is 22.5 Å². The second-order valence-electron chi connectivity index (χ2n) is 5.67. The van der Waals surface area contributed by atoms with Crippen LogP contribution in [0.25, 0.3) is 16.7 Å². The molecule has 4 rings (SSSR count). The molecular weight excluding hydrogens is 321 g/mol. The van der Waals surface area contributed by atoms with E-state index in [0.717, 1.165) is 12.8 Å². The molecule has 0 unspecified atom stereocenters. The molecule has 3 aromatic rings. The minimum Gasteiger partial charge on any atom is -0.321 e. The molecule has 1 atom stereocenters. The van der Waals surface area contributed by atoms with Crippen LogP contribution in [0.15, 0.2) is 29.2 Å². The number of nitrogens with two attached hydrogens (primary N) is 1. The van der Waals surface area contributed by atoms with Crippen LogP contribution in [0.4, 0.5) is 4.39 Å². The molecule has 1 fully saturated rings. The van der Waals surface area contributed by atoms with Crippen LogP contribution < -0.4 is 11.3 Å². The number of rotatable bonds is 3. The van der Waals surface area contributed by atoms with Crippen LogP contribution in [0.3, 0.4) is 0 Å². The van der Waals surface area contributed by atoms with Crippen LogP contribution in [-0.2, 0) is 0 Å². The fourth-order valence-corrected chi connectivity index (χ4v) is 2.96. The number of nitrogens with one attached hydrogen (secondary N) is 1. The third-order valence-electron chi connectivity index (χ3n) is 4.11. The van der Waals surface area contributed by atoms with E-state index in [1.807, 2.05) is 0 Å². The molecule has 2 heterocycles. The topological polar surface area (TPSA) is 89.6 Å². The zero-order valence-corrected chi connectivity index (χ0v) is 12.7. The van der Waals surface area contributed by atoms with E-state index in [-0.39, 0.29) is 21.8 Å². The van der Waals surface area contributed by atoms with Gasteiger partial charge in [0, 0.05) is 6.07 Å². The van der Waals surface area contributed by atoms with Crippen molar-refractivity contribution in [3.8, 4) is 5.82 Å². The van der Waals surface area contributed by atoms with Crippen LogP contribution in [0.5, 0.6) is 0 Å². The molecule has 0 bridgehead atoms. The summed E-state index contributed by atoms with van der Waals surface area (Å²) in [4.78, 5) is 17.3. The van der Waals surface area contributed by atoms with Gasteiger partial charge in [0.05, 0.1) is 22.6 Å². The number of hydrogen-bond acceptors (Lipinski definition) is 4. The highest BCUT2D eigenvalue weighted by atomic mass is 35.5. The molecule has 0 saturated heterocycles. The largest absolute Gasteiger partial charge is 0.321 e. The monoisotopic (exact) mass is 333 g/mol. The minimum atomic E-state index is -0.595. The third kappa shape index (κ3) is 2.24. The zero-order valence-electron chi connectivity index (χ0n) is 12.0. The number of aromatic nitrogens is 4. The lowest BCUT2D eigenvalue weighted by Crippen LogP contribution is -2.30. The van der Waals surface area contributed by atoms with Crippen LogP contribution in [0, 0.1) is 11.7 Å². The highest BCUT2D eigenvalue weighted by molar-refractivity contribution is 6.35. The quantitative estimate of drug-likeness (QED) is 0.769. The third-order valence-corrected chi connectivity index (χ3v) is 4.42. The highest BCUT2D eigenvalue weighted by Gasteiger charge is 2.33. The van der Waals surface area contributed by atoms with E-state index >= 15 is 0 Å². The molecule has 0 spiro atoms. The fourth-order valence-electron chi connectivity index (χ4n) is 2.73. The number of halogens is 2. The van der Waals surface area contributed by atoms with Crippen LogP contribution in [0.1, 0.15) is 24.7 Å². The number of aromatic amines is 1. The van der Waals surface area contributed by atoms with Gasteiger partial charge >= 0.3 is 0 Å². The molecule has 0 amide bonds. The number of fused-ring (bicyclic) bond motifs is 1. The Kier molecular flexibility index (Phi) is 3.21. The van der Waals surface area contributed by atoms with Crippen molar-refractivity contribution < 1.29 is 4.39 Å². The minimum absolute atomic E-state index is 0.0352. The summed E-state index contributed by atoms with van der Waals surface area (Å²) >= 11 is 6.10. The van der Waals surface area contributed by atoms with E-state index < -0.39 is 17.4 Å². The highest BCUT2D eigenvalue weighted by Crippen LogP contribution is 2.39. The normalized spacial score (nSPS) is 16.0. The number of benzene rings is 1. The molecule has 0 radical (unpaired) electrons. The van der Waals surface area contributed by atoms with Crippen molar-refractivity contribution in [3.05, 3.63) is 51.4 Å². The van der Waals surface area contributed by atoms with Crippen molar-refractivity contribution in [2.24, 2.45) is 11.7 Å². The number of H-pyrrole nitrogens is 1. The van der Waals surface area contributed by atoms with E-state index in [0.29, 0.717) is 11.6 Å². The van der Waals surface area contributed by atoms with Crippen molar-refractivity contribution in [1.82, 2.24) is 19.7 Å². The molecule has 2 aromatic heterocycles. The summed E-state index contributed by atoms with van der Waals surface area (Å²) in [6, 6.07) is 3.73. The average molecular weight is 334 g/mol. The van der Waals surface area contributed by atoms with Gasteiger partial charge in [-0.15, -0.1) is 0 Å². The molecule has 8 heteroatoms. The van der Waals surface area contributed by atoms with E-state index in [9.17, 15) is 9.18 Å². The second-order valence-corrected chi connectivity index (χ2v) is 6.08. The van der Waals surface area contributed by atoms with Gasteiger partial charge in [0.25, 0.3) is 5.56 Å². The van der Waals surface area contributed by atoms with Gasteiger partial charge in [0.1, 0.15) is 23.0 Å². The summed E-state index contributed by atoms with van der Waals surface area (Å²) in [5, 5.41) is 6.78. The first kappa shape index (κ1) is 14.3. The fraction of sp³-hybridized carbons (Fsp3) is 0.267. The lowest BCUT2D eigenvalue weighted by atomic mass is 10.1. The molecule has 118 valence electrons. The maximum Gasteiger partial charge on any atom is 0.268 e. The molecule has 1 aliphatic carbocycles. The molecule has 1 saturated carbocycles. The summed E-state index contributed by atoms with van der Waals surface area (Å²) in [7, 11) is 0. The number of hydrogen-bond donors (Lipinski definition) is 2. The lowest BCUT2D eigenvalue weighted by molar-refractivity contribution is 0.567. The summed E-state index contributed by atoms with van der Waals surface area (Å²) < 4.78 is 15.5. The molecular formula is C15H13ClFN5O. The Morgan fingerprint density at radius 2 is 2.17 bits per heavy atom. The first-order valence-corrected chi connectivity index (χ1v) is 7.61. The van der Waals surface area contributed by atoms with Crippen molar-refractivity contribution in [2.45, 2.75) is 18.9 Å². The summed E-state index contributed by atoms with van der Waals surface area (Å²) in [6.45, 7) is 0. The predicted octanol–water partition coefficient (Wildman–Crippen LogP) is 2.31. The molecule has 6 nitrogen and oxygen atoms in total.